The molecule has 4 nitrogen and oxygen atoms in total. The van der Waals surface area contributed by atoms with Gasteiger partial charge in [0.15, 0.2) is 0 Å². The summed E-state index contributed by atoms with van der Waals surface area (Å²) in [7, 11) is 0. The Morgan fingerprint density at radius 2 is 1.70 bits per heavy atom. The fourth-order valence-corrected chi connectivity index (χ4v) is 2.31. The minimum atomic E-state index is -0.253. The second-order valence-corrected chi connectivity index (χ2v) is 5.69. The molecule has 0 atom stereocenters. The van der Waals surface area contributed by atoms with Crippen LogP contribution >= 0.6 is 0 Å². The molecule has 2 amide bonds. The van der Waals surface area contributed by atoms with Crippen LogP contribution in [0.15, 0.2) is 24.3 Å². The Morgan fingerprint density at radius 3 is 2.20 bits per heavy atom. The maximum Gasteiger partial charge on any atom is 0.234 e. The lowest BCUT2D eigenvalue weighted by atomic mass is 9.81. The van der Waals surface area contributed by atoms with Crippen LogP contribution in [0.3, 0.4) is 0 Å². The number of rotatable bonds is 1. The molecule has 0 spiro atoms. The molecule has 1 aromatic carbocycles. The molecule has 0 aromatic heterocycles. The molecule has 1 aromatic rings. The zero-order valence-corrected chi connectivity index (χ0v) is 11.8. The Morgan fingerprint density at radius 1 is 1.15 bits per heavy atom. The van der Waals surface area contributed by atoms with Crippen LogP contribution in [0.4, 0.5) is 5.69 Å². The highest BCUT2D eigenvalue weighted by molar-refractivity contribution is 6.16. The van der Waals surface area contributed by atoms with Crippen LogP contribution in [0.5, 0.6) is 0 Å². The van der Waals surface area contributed by atoms with Gasteiger partial charge in [0.05, 0.1) is 12.2 Å². The maximum atomic E-state index is 12.1. The standard InChI is InChI=1S/C16H18N2O2/c1-16(2)10-14(19)18(15(20)11-16)13-7-5-12(6-8-13)4-3-9-17/h5-8H,9-11,17H2,1-2H3. The zero-order valence-electron chi connectivity index (χ0n) is 11.8. The van der Waals surface area contributed by atoms with Gasteiger partial charge in [-0.05, 0) is 29.7 Å². The molecule has 0 saturated carbocycles. The Kier molecular flexibility index (Phi) is 3.91. The highest BCUT2D eigenvalue weighted by Crippen LogP contribution is 2.33. The van der Waals surface area contributed by atoms with Crippen molar-refractivity contribution < 1.29 is 9.59 Å². The molecule has 4 heteroatoms. The number of benzene rings is 1. The predicted molar refractivity (Wildman–Crippen MR) is 77.9 cm³/mol. The summed E-state index contributed by atoms with van der Waals surface area (Å²) >= 11 is 0. The summed E-state index contributed by atoms with van der Waals surface area (Å²) in [5.74, 6) is 5.38. The largest absolute Gasteiger partial charge is 0.320 e. The van der Waals surface area contributed by atoms with E-state index < -0.39 is 0 Å². The second-order valence-electron chi connectivity index (χ2n) is 5.69. The summed E-state index contributed by atoms with van der Waals surface area (Å²) < 4.78 is 0. The number of carbonyl (C=O) groups is 2. The van der Waals surface area contributed by atoms with E-state index in [1.807, 2.05) is 13.8 Å². The van der Waals surface area contributed by atoms with Gasteiger partial charge < -0.3 is 5.73 Å². The SMILES string of the molecule is CC1(C)CC(=O)N(c2ccc(C#CCN)cc2)C(=O)C1. The van der Waals surface area contributed by atoms with Crippen LogP contribution in [-0.2, 0) is 9.59 Å². The Bertz CT molecular complexity index is 571. The molecule has 0 radical (unpaired) electrons. The number of nitrogens with zero attached hydrogens (tertiary/aromatic N) is 1. The molecule has 2 rings (SSSR count). The van der Waals surface area contributed by atoms with E-state index >= 15 is 0 Å². The van der Waals surface area contributed by atoms with Crippen LogP contribution in [0.25, 0.3) is 0 Å². The van der Waals surface area contributed by atoms with Gasteiger partial charge in [0, 0.05) is 18.4 Å². The molecule has 1 fully saturated rings. The maximum absolute atomic E-state index is 12.1. The summed E-state index contributed by atoms with van der Waals surface area (Å²) in [5.41, 5.74) is 6.48. The van der Waals surface area contributed by atoms with Crippen molar-refractivity contribution in [1.29, 1.82) is 0 Å². The van der Waals surface area contributed by atoms with Crippen LogP contribution < -0.4 is 10.6 Å². The summed E-state index contributed by atoms with van der Waals surface area (Å²) in [6.45, 7) is 4.18. The van der Waals surface area contributed by atoms with Crippen molar-refractivity contribution in [2.24, 2.45) is 11.1 Å². The second kappa shape index (κ2) is 5.48. The minimum absolute atomic E-state index is 0.146. The molecule has 0 bridgehead atoms. The molecule has 1 heterocycles. The third-order valence-corrected chi connectivity index (χ3v) is 3.22. The van der Waals surface area contributed by atoms with Crippen molar-refractivity contribution in [2.45, 2.75) is 26.7 Å². The molecular weight excluding hydrogens is 252 g/mol. The van der Waals surface area contributed by atoms with Gasteiger partial charge in [0.1, 0.15) is 0 Å². The first-order chi connectivity index (χ1) is 9.43. The van der Waals surface area contributed by atoms with Crippen molar-refractivity contribution >= 4 is 17.5 Å². The lowest BCUT2D eigenvalue weighted by molar-refractivity contribution is -0.132. The minimum Gasteiger partial charge on any atom is -0.320 e. The lowest BCUT2D eigenvalue weighted by Crippen LogP contribution is -2.46. The van der Waals surface area contributed by atoms with Crippen molar-refractivity contribution in [3.63, 3.8) is 0 Å². The zero-order chi connectivity index (χ0) is 14.8. The van der Waals surface area contributed by atoms with Crippen molar-refractivity contribution in [3.8, 4) is 11.8 Å². The number of amides is 2. The summed E-state index contributed by atoms with van der Waals surface area (Å²) in [4.78, 5) is 25.5. The highest BCUT2D eigenvalue weighted by atomic mass is 16.2. The van der Waals surface area contributed by atoms with E-state index in [1.165, 1.54) is 4.90 Å². The molecular formula is C16H18N2O2. The van der Waals surface area contributed by atoms with Gasteiger partial charge in [-0.3, -0.25) is 14.5 Å². The topological polar surface area (TPSA) is 63.4 Å². The van der Waals surface area contributed by atoms with E-state index in [9.17, 15) is 9.59 Å². The highest BCUT2D eigenvalue weighted by Gasteiger charge is 2.38. The first-order valence-corrected chi connectivity index (χ1v) is 6.58. The quantitative estimate of drug-likeness (QED) is 0.623. The van der Waals surface area contributed by atoms with Gasteiger partial charge in [-0.2, -0.15) is 0 Å². The third kappa shape index (κ3) is 3.06. The summed E-state index contributed by atoms with van der Waals surface area (Å²) in [6, 6.07) is 7.07. The molecule has 2 N–H and O–H groups in total. The normalized spacial score (nSPS) is 17.6. The van der Waals surface area contributed by atoms with E-state index in [0.717, 1.165) is 5.56 Å². The van der Waals surface area contributed by atoms with E-state index in [4.69, 9.17) is 5.73 Å². The molecule has 1 aliphatic heterocycles. The molecule has 1 saturated heterocycles. The van der Waals surface area contributed by atoms with Gasteiger partial charge >= 0.3 is 0 Å². The van der Waals surface area contributed by atoms with Crippen LogP contribution in [-0.4, -0.2) is 18.4 Å². The summed E-state index contributed by atoms with van der Waals surface area (Å²) in [5, 5.41) is 0. The van der Waals surface area contributed by atoms with Crippen LogP contribution in [0.2, 0.25) is 0 Å². The number of anilines is 1. The molecule has 0 aliphatic carbocycles. The molecule has 20 heavy (non-hydrogen) atoms. The van der Waals surface area contributed by atoms with Crippen LogP contribution in [0.1, 0.15) is 32.3 Å². The Labute approximate surface area is 118 Å². The van der Waals surface area contributed by atoms with Gasteiger partial charge in [-0.25, -0.2) is 0 Å². The fourth-order valence-electron chi connectivity index (χ4n) is 2.31. The van der Waals surface area contributed by atoms with Gasteiger partial charge in [0.25, 0.3) is 0 Å². The van der Waals surface area contributed by atoms with Gasteiger partial charge in [-0.1, -0.05) is 25.7 Å². The number of hydrogen-bond acceptors (Lipinski definition) is 3. The van der Waals surface area contributed by atoms with Crippen molar-refractivity contribution in [1.82, 2.24) is 0 Å². The van der Waals surface area contributed by atoms with E-state index in [1.54, 1.807) is 24.3 Å². The van der Waals surface area contributed by atoms with Gasteiger partial charge in [-0.15, -0.1) is 0 Å². The van der Waals surface area contributed by atoms with Crippen molar-refractivity contribution in [2.75, 3.05) is 11.4 Å². The van der Waals surface area contributed by atoms with E-state index in [0.29, 0.717) is 25.1 Å². The average molecular weight is 270 g/mol. The number of imide groups is 1. The first kappa shape index (κ1) is 14.3. The smallest absolute Gasteiger partial charge is 0.234 e. The van der Waals surface area contributed by atoms with Crippen LogP contribution in [0, 0.1) is 17.3 Å². The predicted octanol–water partition coefficient (Wildman–Crippen LogP) is 1.68. The monoisotopic (exact) mass is 270 g/mol. The summed E-state index contributed by atoms with van der Waals surface area (Å²) in [6.07, 6.45) is 0.765. The van der Waals surface area contributed by atoms with Gasteiger partial charge in [0.2, 0.25) is 11.8 Å². The number of hydrogen-bond donors (Lipinski definition) is 1. The fraction of sp³-hybridized carbons (Fsp3) is 0.375. The first-order valence-electron chi connectivity index (χ1n) is 6.58. The number of piperidine rings is 1. The molecule has 1 aliphatic rings. The lowest BCUT2D eigenvalue weighted by Gasteiger charge is -2.34. The van der Waals surface area contributed by atoms with Crippen molar-refractivity contribution in [3.05, 3.63) is 29.8 Å². The molecule has 0 unspecified atom stereocenters. The van der Waals surface area contributed by atoms with E-state index in [2.05, 4.69) is 11.8 Å². The third-order valence-electron chi connectivity index (χ3n) is 3.22. The number of carbonyl (C=O) groups excluding carboxylic acids is 2. The Hall–Kier alpha value is -2.12. The molecule has 104 valence electrons. The van der Waals surface area contributed by atoms with E-state index in [-0.39, 0.29) is 17.2 Å². The Balaban J connectivity index is 2.23. The average Bonchev–Trinajstić information content (AvgIpc) is 2.35. The number of nitrogens with two attached hydrogens (primary N) is 1.